The Labute approximate surface area is 50.2 Å². The molecule has 0 amide bonds. The fourth-order valence-electron chi connectivity index (χ4n) is 0.418. The van der Waals surface area contributed by atoms with Gasteiger partial charge in [0, 0.05) is 6.61 Å². The van der Waals surface area contributed by atoms with Crippen molar-refractivity contribution < 1.29 is 10.2 Å². The van der Waals surface area contributed by atoms with Crippen LogP contribution in [-0.2, 0) is 0 Å². The largest absolute Gasteiger partial charge is 0.396 e. The molecule has 0 bridgehead atoms. The van der Waals surface area contributed by atoms with Crippen molar-refractivity contribution >= 4 is 0 Å². The Morgan fingerprint density at radius 3 is 2.12 bits per heavy atom. The van der Waals surface area contributed by atoms with Gasteiger partial charge in [-0.25, -0.2) is 0 Å². The van der Waals surface area contributed by atoms with Gasteiger partial charge in [0.1, 0.15) is 0 Å². The van der Waals surface area contributed by atoms with E-state index in [1.165, 1.54) is 0 Å². The molecule has 50 valence electrons. The highest BCUT2D eigenvalue weighted by molar-refractivity contribution is 4.68. The molecule has 8 heavy (non-hydrogen) atoms. The molecule has 0 aromatic rings. The molecule has 0 aromatic carbocycles. The van der Waals surface area contributed by atoms with E-state index in [0.29, 0.717) is 12.8 Å². The molecule has 1 unspecified atom stereocenters. The van der Waals surface area contributed by atoms with Crippen LogP contribution in [0.4, 0.5) is 0 Å². The Hall–Kier alpha value is -0.0800. The summed E-state index contributed by atoms with van der Waals surface area (Å²) in [6.07, 6.45) is 1.18. The molecule has 2 heteroatoms. The van der Waals surface area contributed by atoms with E-state index in [4.69, 9.17) is 10.2 Å². The lowest BCUT2D eigenvalue weighted by Gasteiger charge is -2.18. The van der Waals surface area contributed by atoms with Crippen LogP contribution in [0.25, 0.3) is 0 Å². The van der Waals surface area contributed by atoms with E-state index in [0.717, 1.165) is 0 Å². The van der Waals surface area contributed by atoms with Gasteiger partial charge in [0.25, 0.3) is 0 Å². The van der Waals surface area contributed by atoms with E-state index in [-0.39, 0.29) is 6.61 Å². The van der Waals surface area contributed by atoms with Crippen molar-refractivity contribution in [2.45, 2.75) is 32.3 Å². The van der Waals surface area contributed by atoms with Gasteiger partial charge in [-0.15, -0.1) is 0 Å². The van der Waals surface area contributed by atoms with E-state index in [9.17, 15) is 0 Å². The third kappa shape index (κ3) is 2.99. The zero-order valence-corrected chi connectivity index (χ0v) is 5.52. The first-order valence-electron chi connectivity index (χ1n) is 2.95. The van der Waals surface area contributed by atoms with Crippen molar-refractivity contribution in [3.63, 3.8) is 0 Å². The van der Waals surface area contributed by atoms with Crippen LogP contribution >= 0.6 is 0 Å². The van der Waals surface area contributed by atoms with Gasteiger partial charge in [0.15, 0.2) is 0 Å². The summed E-state index contributed by atoms with van der Waals surface area (Å²) >= 11 is 0. The molecule has 0 saturated carbocycles. The molecule has 0 rings (SSSR count). The molecule has 0 aliphatic rings. The van der Waals surface area contributed by atoms with Gasteiger partial charge in [-0.05, 0) is 19.8 Å². The first kappa shape index (κ1) is 7.92. The third-order valence-electron chi connectivity index (χ3n) is 1.41. The highest BCUT2D eigenvalue weighted by Gasteiger charge is 2.15. The third-order valence-corrected chi connectivity index (χ3v) is 1.41. The summed E-state index contributed by atoms with van der Waals surface area (Å²) in [6, 6.07) is 0. The topological polar surface area (TPSA) is 40.5 Å². The fraction of sp³-hybridized carbons (Fsp3) is 1.00. The second-order valence-corrected chi connectivity index (χ2v) is 2.32. The standard InChI is InChI=1S/C6H14O2/c1-3-6(2,8)4-5-7/h7-8H,3-5H2,1-2H3. The second kappa shape index (κ2) is 3.05. The first-order chi connectivity index (χ1) is 3.62. The summed E-state index contributed by atoms with van der Waals surface area (Å²) in [7, 11) is 0. The smallest absolute Gasteiger partial charge is 0.0639 e. The second-order valence-electron chi connectivity index (χ2n) is 2.32. The van der Waals surface area contributed by atoms with Crippen LogP contribution in [0.2, 0.25) is 0 Å². The minimum absolute atomic E-state index is 0.0703. The molecule has 0 aliphatic heterocycles. The van der Waals surface area contributed by atoms with Crippen LogP contribution < -0.4 is 0 Å². The lowest BCUT2D eigenvalue weighted by atomic mass is 10.0. The minimum Gasteiger partial charge on any atom is -0.396 e. The summed E-state index contributed by atoms with van der Waals surface area (Å²) in [5, 5.41) is 17.5. The molecule has 0 aliphatic carbocycles. The zero-order valence-electron chi connectivity index (χ0n) is 5.52. The van der Waals surface area contributed by atoms with Crippen LogP contribution in [0.15, 0.2) is 0 Å². The quantitative estimate of drug-likeness (QED) is 0.567. The maximum atomic E-state index is 9.16. The van der Waals surface area contributed by atoms with Crippen LogP contribution in [0, 0.1) is 0 Å². The molecule has 0 spiro atoms. The minimum atomic E-state index is -0.658. The number of hydrogen-bond donors (Lipinski definition) is 2. The Morgan fingerprint density at radius 2 is 2.00 bits per heavy atom. The van der Waals surface area contributed by atoms with E-state index in [1.807, 2.05) is 6.92 Å². The van der Waals surface area contributed by atoms with E-state index in [2.05, 4.69) is 0 Å². The van der Waals surface area contributed by atoms with Crippen molar-refractivity contribution in [1.82, 2.24) is 0 Å². The molecule has 0 aromatic heterocycles. The van der Waals surface area contributed by atoms with E-state index < -0.39 is 5.60 Å². The molecule has 0 fully saturated rings. The molecule has 0 saturated heterocycles. The molecule has 2 nitrogen and oxygen atoms in total. The van der Waals surface area contributed by atoms with E-state index in [1.54, 1.807) is 6.92 Å². The van der Waals surface area contributed by atoms with Crippen molar-refractivity contribution in [2.24, 2.45) is 0 Å². The SMILES string of the molecule is CCC(C)(O)CCO. The fourth-order valence-corrected chi connectivity index (χ4v) is 0.418. The highest BCUT2D eigenvalue weighted by Crippen LogP contribution is 2.11. The average molecular weight is 118 g/mol. The highest BCUT2D eigenvalue weighted by atomic mass is 16.3. The summed E-state index contributed by atoms with van der Waals surface area (Å²) < 4.78 is 0. The Morgan fingerprint density at radius 1 is 1.50 bits per heavy atom. The van der Waals surface area contributed by atoms with Crippen molar-refractivity contribution in [2.75, 3.05) is 6.61 Å². The Balaban J connectivity index is 3.37. The van der Waals surface area contributed by atoms with Crippen molar-refractivity contribution in [1.29, 1.82) is 0 Å². The van der Waals surface area contributed by atoms with Gasteiger partial charge >= 0.3 is 0 Å². The Bertz CT molecular complexity index is 59.5. The predicted octanol–water partition coefficient (Wildman–Crippen LogP) is 0.530. The summed E-state index contributed by atoms with van der Waals surface area (Å²) in [6.45, 7) is 3.69. The predicted molar refractivity (Wildman–Crippen MR) is 32.6 cm³/mol. The van der Waals surface area contributed by atoms with Crippen LogP contribution in [0.5, 0.6) is 0 Å². The lowest BCUT2D eigenvalue weighted by molar-refractivity contribution is 0.0300. The molecule has 0 radical (unpaired) electrons. The number of aliphatic hydroxyl groups is 2. The number of aliphatic hydroxyl groups excluding tert-OH is 1. The molecule has 0 heterocycles. The van der Waals surface area contributed by atoms with Gasteiger partial charge in [0.2, 0.25) is 0 Å². The van der Waals surface area contributed by atoms with Crippen LogP contribution in [0.3, 0.4) is 0 Å². The zero-order chi connectivity index (χ0) is 6.62. The lowest BCUT2D eigenvalue weighted by Crippen LogP contribution is -2.23. The maximum Gasteiger partial charge on any atom is 0.0639 e. The van der Waals surface area contributed by atoms with Gasteiger partial charge in [0.05, 0.1) is 5.60 Å². The summed E-state index contributed by atoms with van der Waals surface area (Å²) in [4.78, 5) is 0. The van der Waals surface area contributed by atoms with Gasteiger partial charge < -0.3 is 10.2 Å². The maximum absolute atomic E-state index is 9.16. The molecular formula is C6H14O2. The first-order valence-corrected chi connectivity index (χ1v) is 2.95. The van der Waals surface area contributed by atoms with Gasteiger partial charge in [-0.2, -0.15) is 0 Å². The van der Waals surface area contributed by atoms with Crippen LogP contribution in [0.1, 0.15) is 26.7 Å². The normalized spacial score (nSPS) is 18.0. The van der Waals surface area contributed by atoms with Crippen LogP contribution in [-0.4, -0.2) is 22.4 Å². The number of hydrogen-bond acceptors (Lipinski definition) is 2. The summed E-state index contributed by atoms with van der Waals surface area (Å²) in [5.74, 6) is 0. The number of rotatable bonds is 3. The molecule has 2 N–H and O–H groups in total. The average Bonchev–Trinajstić information content (AvgIpc) is 1.67. The van der Waals surface area contributed by atoms with Crippen molar-refractivity contribution in [3.8, 4) is 0 Å². The summed E-state index contributed by atoms with van der Waals surface area (Å²) in [5.41, 5.74) is -0.658. The van der Waals surface area contributed by atoms with Gasteiger partial charge in [-0.1, -0.05) is 6.92 Å². The monoisotopic (exact) mass is 118 g/mol. The van der Waals surface area contributed by atoms with Gasteiger partial charge in [-0.3, -0.25) is 0 Å². The Kier molecular flexibility index (Phi) is 3.02. The molecular weight excluding hydrogens is 104 g/mol. The molecule has 1 atom stereocenters. The van der Waals surface area contributed by atoms with Crippen molar-refractivity contribution in [3.05, 3.63) is 0 Å². The van der Waals surface area contributed by atoms with E-state index >= 15 is 0 Å².